The fourth-order valence-electron chi connectivity index (χ4n) is 3.34. The SMILES string of the molecule is CN1CCC2=C(C1)C(c1ccccc1)([N+](=O)[O-])C=CC2N. The van der Waals surface area contributed by atoms with Crippen LogP contribution in [0.15, 0.2) is 53.6 Å². The smallest absolute Gasteiger partial charge is 0.288 e. The molecule has 0 bridgehead atoms. The van der Waals surface area contributed by atoms with Crippen molar-refractivity contribution in [3.8, 4) is 0 Å². The zero-order valence-corrected chi connectivity index (χ0v) is 12.0. The van der Waals surface area contributed by atoms with Gasteiger partial charge >= 0.3 is 0 Å². The summed E-state index contributed by atoms with van der Waals surface area (Å²) in [5.74, 6) is 0. The molecule has 0 saturated carbocycles. The van der Waals surface area contributed by atoms with E-state index < -0.39 is 5.54 Å². The molecule has 2 unspecified atom stereocenters. The van der Waals surface area contributed by atoms with Crippen LogP contribution in [0.5, 0.6) is 0 Å². The van der Waals surface area contributed by atoms with E-state index in [0.717, 1.165) is 24.1 Å². The lowest BCUT2D eigenvalue weighted by Crippen LogP contribution is -2.47. The van der Waals surface area contributed by atoms with Crippen molar-refractivity contribution in [2.75, 3.05) is 20.1 Å². The number of nitrogens with two attached hydrogens (primary N) is 1. The van der Waals surface area contributed by atoms with Crippen molar-refractivity contribution in [1.82, 2.24) is 4.90 Å². The average molecular weight is 285 g/mol. The molecular formula is C16H19N3O2. The molecule has 0 radical (unpaired) electrons. The third kappa shape index (κ3) is 2.09. The van der Waals surface area contributed by atoms with Crippen LogP contribution in [-0.2, 0) is 5.54 Å². The minimum absolute atomic E-state index is 0.181. The molecule has 0 spiro atoms. The molecular weight excluding hydrogens is 266 g/mol. The van der Waals surface area contributed by atoms with E-state index in [9.17, 15) is 10.1 Å². The van der Waals surface area contributed by atoms with Gasteiger partial charge in [-0.1, -0.05) is 36.4 Å². The molecule has 5 nitrogen and oxygen atoms in total. The fraction of sp³-hybridized carbons (Fsp3) is 0.375. The number of hydrogen-bond donors (Lipinski definition) is 1. The van der Waals surface area contributed by atoms with Crippen LogP contribution >= 0.6 is 0 Å². The molecule has 2 aliphatic rings. The maximum absolute atomic E-state index is 12.0. The second-order valence-electron chi connectivity index (χ2n) is 5.77. The van der Waals surface area contributed by atoms with Gasteiger partial charge < -0.3 is 10.6 Å². The van der Waals surface area contributed by atoms with Crippen LogP contribution in [0.25, 0.3) is 0 Å². The number of nitrogens with zero attached hydrogens (tertiary/aromatic N) is 2. The molecule has 1 aliphatic heterocycles. The van der Waals surface area contributed by atoms with Crippen LogP contribution in [0.3, 0.4) is 0 Å². The Morgan fingerprint density at radius 3 is 2.76 bits per heavy atom. The molecule has 1 aliphatic carbocycles. The Bertz CT molecular complexity index is 624. The van der Waals surface area contributed by atoms with E-state index >= 15 is 0 Å². The summed E-state index contributed by atoms with van der Waals surface area (Å²) in [6, 6.07) is 9.00. The quantitative estimate of drug-likeness (QED) is 0.510. The maximum Gasteiger partial charge on any atom is 0.288 e. The predicted molar refractivity (Wildman–Crippen MR) is 81.4 cm³/mol. The second kappa shape index (κ2) is 5.09. The summed E-state index contributed by atoms with van der Waals surface area (Å²) in [4.78, 5) is 13.9. The van der Waals surface area contributed by atoms with Gasteiger partial charge in [0.15, 0.2) is 0 Å². The Kier molecular flexibility index (Phi) is 3.39. The summed E-state index contributed by atoms with van der Waals surface area (Å²) in [5, 5.41) is 12.0. The summed E-state index contributed by atoms with van der Waals surface area (Å²) < 4.78 is 0. The van der Waals surface area contributed by atoms with Gasteiger partial charge in [0.05, 0.1) is 0 Å². The lowest BCUT2D eigenvalue weighted by Gasteiger charge is -2.38. The highest BCUT2D eigenvalue weighted by molar-refractivity contribution is 5.48. The Labute approximate surface area is 123 Å². The van der Waals surface area contributed by atoms with Gasteiger partial charge in [-0.2, -0.15) is 0 Å². The Balaban J connectivity index is 2.22. The highest BCUT2D eigenvalue weighted by atomic mass is 16.6. The first-order valence-electron chi connectivity index (χ1n) is 7.11. The molecule has 1 aromatic carbocycles. The van der Waals surface area contributed by atoms with E-state index in [1.807, 2.05) is 37.4 Å². The summed E-state index contributed by atoms with van der Waals surface area (Å²) in [5.41, 5.74) is 7.43. The van der Waals surface area contributed by atoms with Gasteiger partial charge in [-0.05, 0) is 25.1 Å². The molecule has 3 rings (SSSR count). The summed E-state index contributed by atoms with van der Waals surface area (Å²) in [6.07, 6.45) is 4.24. The van der Waals surface area contributed by atoms with Gasteiger partial charge in [0.1, 0.15) is 0 Å². The summed E-state index contributed by atoms with van der Waals surface area (Å²) >= 11 is 0. The Morgan fingerprint density at radius 1 is 1.38 bits per heavy atom. The molecule has 1 aromatic rings. The van der Waals surface area contributed by atoms with Gasteiger partial charge in [-0.3, -0.25) is 10.1 Å². The van der Waals surface area contributed by atoms with E-state index in [1.165, 1.54) is 0 Å². The molecule has 21 heavy (non-hydrogen) atoms. The van der Waals surface area contributed by atoms with Crippen molar-refractivity contribution in [3.05, 3.63) is 69.3 Å². The first-order chi connectivity index (χ1) is 10.1. The van der Waals surface area contributed by atoms with Crippen LogP contribution in [0, 0.1) is 10.1 Å². The zero-order chi connectivity index (χ0) is 15.0. The molecule has 0 fully saturated rings. The summed E-state index contributed by atoms with van der Waals surface area (Å²) in [7, 11) is 1.99. The third-order valence-corrected chi connectivity index (χ3v) is 4.49. The Hall–Kier alpha value is -1.98. The van der Waals surface area contributed by atoms with Crippen molar-refractivity contribution in [2.24, 2.45) is 5.73 Å². The zero-order valence-electron chi connectivity index (χ0n) is 12.0. The molecule has 1 heterocycles. The van der Waals surface area contributed by atoms with Crippen LogP contribution < -0.4 is 5.73 Å². The van der Waals surface area contributed by atoms with E-state index in [0.29, 0.717) is 12.1 Å². The monoisotopic (exact) mass is 285 g/mol. The molecule has 2 N–H and O–H groups in total. The van der Waals surface area contributed by atoms with Crippen molar-refractivity contribution in [3.63, 3.8) is 0 Å². The van der Waals surface area contributed by atoms with E-state index in [1.54, 1.807) is 12.2 Å². The highest BCUT2D eigenvalue weighted by Gasteiger charge is 2.50. The number of benzene rings is 1. The van der Waals surface area contributed by atoms with Crippen LogP contribution in [-0.4, -0.2) is 36.0 Å². The standard InChI is InChI=1S/C16H19N3O2/c1-18-10-8-13-14(11-18)16(19(20)21,9-7-15(13)17)12-5-3-2-4-6-12/h2-7,9,15H,8,10-11,17H2,1H3. The first kappa shape index (κ1) is 14.0. The number of hydrogen-bond acceptors (Lipinski definition) is 4. The van der Waals surface area contributed by atoms with Gasteiger partial charge in [-0.25, -0.2) is 0 Å². The minimum Gasteiger partial charge on any atom is -0.321 e. The van der Waals surface area contributed by atoms with E-state index in [4.69, 9.17) is 5.73 Å². The van der Waals surface area contributed by atoms with Gasteiger partial charge in [0.25, 0.3) is 5.54 Å². The maximum atomic E-state index is 12.0. The van der Waals surface area contributed by atoms with Gasteiger partial charge in [-0.15, -0.1) is 0 Å². The molecule has 2 atom stereocenters. The minimum atomic E-state index is -1.28. The topological polar surface area (TPSA) is 72.4 Å². The van der Waals surface area contributed by atoms with Crippen LogP contribution in [0.1, 0.15) is 12.0 Å². The molecule has 0 amide bonds. The van der Waals surface area contributed by atoms with Crippen LogP contribution in [0.4, 0.5) is 0 Å². The Morgan fingerprint density at radius 2 is 2.10 bits per heavy atom. The van der Waals surface area contributed by atoms with Gasteiger partial charge in [0, 0.05) is 35.2 Å². The fourth-order valence-corrected chi connectivity index (χ4v) is 3.34. The summed E-state index contributed by atoms with van der Waals surface area (Å²) in [6.45, 7) is 1.48. The number of rotatable bonds is 2. The molecule has 5 heteroatoms. The molecule has 110 valence electrons. The van der Waals surface area contributed by atoms with Crippen molar-refractivity contribution < 1.29 is 4.92 Å². The van der Waals surface area contributed by atoms with Crippen molar-refractivity contribution >= 4 is 0 Å². The van der Waals surface area contributed by atoms with Crippen molar-refractivity contribution in [2.45, 2.75) is 18.0 Å². The van der Waals surface area contributed by atoms with Crippen LogP contribution in [0.2, 0.25) is 0 Å². The molecule has 0 aromatic heterocycles. The molecule has 0 saturated heterocycles. The third-order valence-electron chi connectivity index (χ3n) is 4.49. The average Bonchev–Trinajstić information content (AvgIpc) is 2.48. The predicted octanol–water partition coefficient (Wildman–Crippen LogP) is 1.69. The normalized spacial score (nSPS) is 29.3. The highest BCUT2D eigenvalue weighted by Crippen LogP contribution is 2.42. The first-order valence-corrected chi connectivity index (χ1v) is 7.11. The second-order valence-corrected chi connectivity index (χ2v) is 5.77. The van der Waals surface area contributed by atoms with Gasteiger partial charge in [0.2, 0.25) is 0 Å². The van der Waals surface area contributed by atoms with E-state index in [-0.39, 0.29) is 11.0 Å². The lowest BCUT2D eigenvalue weighted by molar-refractivity contribution is -0.553. The lowest BCUT2D eigenvalue weighted by atomic mass is 9.73. The van der Waals surface area contributed by atoms with E-state index in [2.05, 4.69) is 4.90 Å². The largest absolute Gasteiger partial charge is 0.321 e. The number of likely N-dealkylation sites (N-methyl/N-ethyl adjacent to an activating group) is 1. The number of nitro groups is 1. The van der Waals surface area contributed by atoms with Crippen molar-refractivity contribution in [1.29, 1.82) is 0 Å².